The van der Waals surface area contributed by atoms with Crippen LogP contribution in [-0.4, -0.2) is 10.5 Å². The number of anilines is 1. The highest BCUT2D eigenvalue weighted by Crippen LogP contribution is 2.08. The first-order valence-corrected chi connectivity index (χ1v) is 6.06. The molecule has 5 nitrogen and oxygen atoms in total. The smallest absolute Gasteiger partial charge is 0.253 e. The van der Waals surface area contributed by atoms with Crippen LogP contribution < -0.4 is 10.9 Å². The first-order chi connectivity index (χ1) is 9.60. The van der Waals surface area contributed by atoms with Crippen LogP contribution in [0.5, 0.6) is 0 Å². The molecule has 0 aliphatic heterocycles. The lowest BCUT2D eigenvalue weighted by Gasteiger charge is -2.08. The molecule has 20 heavy (non-hydrogen) atoms. The van der Waals surface area contributed by atoms with Crippen molar-refractivity contribution in [3.05, 3.63) is 64.1 Å². The van der Waals surface area contributed by atoms with Gasteiger partial charge in [-0.3, -0.25) is 9.59 Å². The fraction of sp³-hybridized carbons (Fsp3) is 0.133. The van der Waals surface area contributed by atoms with Gasteiger partial charge in [0, 0.05) is 17.4 Å². The van der Waals surface area contributed by atoms with Crippen LogP contribution in [0.3, 0.4) is 0 Å². The lowest BCUT2D eigenvalue weighted by atomic mass is 10.2. The van der Waals surface area contributed by atoms with Gasteiger partial charge >= 0.3 is 0 Å². The fourth-order valence-corrected chi connectivity index (χ4v) is 1.76. The second-order valence-corrected chi connectivity index (χ2v) is 4.36. The molecule has 1 aromatic heterocycles. The summed E-state index contributed by atoms with van der Waals surface area (Å²) in [6.45, 7) is 1.66. The van der Waals surface area contributed by atoms with Crippen LogP contribution in [0.2, 0.25) is 0 Å². The van der Waals surface area contributed by atoms with Gasteiger partial charge in [-0.05, 0) is 37.3 Å². The largest absolute Gasteiger partial charge is 0.325 e. The summed E-state index contributed by atoms with van der Waals surface area (Å²) in [4.78, 5) is 23.7. The third-order valence-electron chi connectivity index (χ3n) is 2.82. The second-order valence-electron chi connectivity index (χ2n) is 4.36. The Morgan fingerprint density at radius 2 is 2.00 bits per heavy atom. The number of carbonyl (C=O) groups excluding carboxylic acids is 1. The summed E-state index contributed by atoms with van der Waals surface area (Å²) in [5.41, 5.74) is 1.54. The van der Waals surface area contributed by atoms with E-state index < -0.39 is 0 Å². The molecular formula is C15H13N3O2. The van der Waals surface area contributed by atoms with Crippen LogP contribution in [0, 0.1) is 18.3 Å². The van der Waals surface area contributed by atoms with E-state index >= 15 is 0 Å². The van der Waals surface area contributed by atoms with Crippen molar-refractivity contribution in [3.63, 3.8) is 0 Å². The molecule has 0 aliphatic carbocycles. The molecule has 0 unspecified atom stereocenters. The quantitative estimate of drug-likeness (QED) is 0.919. The van der Waals surface area contributed by atoms with Gasteiger partial charge in [-0.2, -0.15) is 5.26 Å². The average molecular weight is 267 g/mol. The van der Waals surface area contributed by atoms with Gasteiger partial charge in [0.1, 0.15) is 6.54 Å². The zero-order chi connectivity index (χ0) is 14.5. The number of aromatic nitrogens is 1. The maximum absolute atomic E-state index is 11.9. The van der Waals surface area contributed by atoms with E-state index in [0.29, 0.717) is 16.8 Å². The van der Waals surface area contributed by atoms with Gasteiger partial charge in [0.25, 0.3) is 5.56 Å². The van der Waals surface area contributed by atoms with Gasteiger partial charge in [-0.15, -0.1) is 0 Å². The van der Waals surface area contributed by atoms with Crippen LogP contribution in [0.1, 0.15) is 11.1 Å². The minimum atomic E-state index is -0.289. The first-order valence-electron chi connectivity index (χ1n) is 6.06. The molecule has 0 radical (unpaired) electrons. The number of aryl methyl sites for hydroxylation is 1. The second kappa shape index (κ2) is 5.85. The molecule has 0 saturated carbocycles. The van der Waals surface area contributed by atoms with Crippen molar-refractivity contribution < 1.29 is 4.79 Å². The van der Waals surface area contributed by atoms with E-state index in [4.69, 9.17) is 5.26 Å². The normalized spacial score (nSPS) is 9.80. The number of hydrogen-bond acceptors (Lipinski definition) is 3. The molecule has 0 fully saturated rings. The van der Waals surface area contributed by atoms with E-state index in [1.54, 1.807) is 49.5 Å². The molecule has 0 aliphatic rings. The Kier molecular flexibility index (Phi) is 3.96. The van der Waals surface area contributed by atoms with E-state index in [1.165, 1.54) is 4.57 Å². The highest BCUT2D eigenvalue weighted by atomic mass is 16.2. The summed E-state index contributed by atoms with van der Waals surface area (Å²) in [6, 6.07) is 12.0. The number of carbonyl (C=O) groups is 1. The van der Waals surface area contributed by atoms with Crippen molar-refractivity contribution in [2.75, 3.05) is 5.32 Å². The number of nitriles is 1. The number of pyridine rings is 1. The number of benzene rings is 1. The monoisotopic (exact) mass is 267 g/mol. The predicted molar refractivity (Wildman–Crippen MR) is 75.2 cm³/mol. The summed E-state index contributed by atoms with van der Waals surface area (Å²) in [5, 5.41) is 11.4. The van der Waals surface area contributed by atoms with Crippen LogP contribution in [0.25, 0.3) is 0 Å². The molecular weight excluding hydrogens is 254 g/mol. The van der Waals surface area contributed by atoms with E-state index in [-0.39, 0.29) is 18.0 Å². The molecule has 0 spiro atoms. The SMILES string of the molecule is Cc1cccn(CC(=O)Nc2ccc(C#N)cc2)c1=O. The third kappa shape index (κ3) is 3.12. The van der Waals surface area contributed by atoms with Crippen molar-refractivity contribution >= 4 is 11.6 Å². The van der Waals surface area contributed by atoms with Gasteiger partial charge < -0.3 is 9.88 Å². The molecule has 1 heterocycles. The fourth-order valence-electron chi connectivity index (χ4n) is 1.76. The van der Waals surface area contributed by atoms with E-state index in [1.807, 2.05) is 6.07 Å². The molecule has 0 saturated heterocycles. The number of nitrogens with one attached hydrogen (secondary N) is 1. The van der Waals surface area contributed by atoms with Crippen molar-refractivity contribution in [2.45, 2.75) is 13.5 Å². The zero-order valence-electron chi connectivity index (χ0n) is 11.0. The molecule has 2 aromatic rings. The Balaban J connectivity index is 2.07. The van der Waals surface area contributed by atoms with Gasteiger partial charge in [-0.25, -0.2) is 0 Å². The molecule has 5 heteroatoms. The Hall–Kier alpha value is -2.87. The average Bonchev–Trinajstić information content (AvgIpc) is 2.45. The van der Waals surface area contributed by atoms with Crippen LogP contribution >= 0.6 is 0 Å². The maximum Gasteiger partial charge on any atom is 0.253 e. The minimum Gasteiger partial charge on any atom is -0.325 e. The number of amides is 1. The first kappa shape index (κ1) is 13.6. The number of hydrogen-bond donors (Lipinski definition) is 1. The highest BCUT2D eigenvalue weighted by molar-refractivity contribution is 5.90. The molecule has 0 bridgehead atoms. The lowest BCUT2D eigenvalue weighted by molar-refractivity contribution is -0.116. The molecule has 1 N–H and O–H groups in total. The number of rotatable bonds is 3. The summed E-state index contributed by atoms with van der Waals surface area (Å²) in [6.07, 6.45) is 1.58. The number of nitrogens with zero attached hydrogens (tertiary/aromatic N) is 2. The van der Waals surface area contributed by atoms with Gasteiger partial charge in [-0.1, -0.05) is 6.07 Å². The van der Waals surface area contributed by atoms with Crippen LogP contribution in [-0.2, 0) is 11.3 Å². The topological polar surface area (TPSA) is 74.9 Å². The zero-order valence-corrected chi connectivity index (χ0v) is 11.0. The molecule has 2 rings (SSSR count). The Bertz CT molecular complexity index is 724. The Labute approximate surface area is 116 Å². The molecule has 0 atom stereocenters. The standard InChI is InChI=1S/C15H13N3O2/c1-11-3-2-8-18(15(11)20)10-14(19)17-13-6-4-12(9-16)5-7-13/h2-8H,10H2,1H3,(H,17,19). The molecule has 1 aromatic carbocycles. The van der Waals surface area contributed by atoms with E-state index in [9.17, 15) is 9.59 Å². The Morgan fingerprint density at radius 3 is 2.65 bits per heavy atom. The van der Waals surface area contributed by atoms with E-state index in [2.05, 4.69) is 5.32 Å². The third-order valence-corrected chi connectivity index (χ3v) is 2.82. The van der Waals surface area contributed by atoms with Crippen LogP contribution in [0.4, 0.5) is 5.69 Å². The van der Waals surface area contributed by atoms with Gasteiger partial charge in [0.15, 0.2) is 0 Å². The summed E-state index contributed by atoms with van der Waals surface area (Å²) >= 11 is 0. The predicted octanol–water partition coefficient (Wildman–Crippen LogP) is 1.67. The molecule has 100 valence electrons. The van der Waals surface area contributed by atoms with Crippen molar-refractivity contribution in [1.29, 1.82) is 5.26 Å². The van der Waals surface area contributed by atoms with Crippen molar-refractivity contribution in [3.8, 4) is 6.07 Å². The van der Waals surface area contributed by atoms with Gasteiger partial charge in [0.05, 0.1) is 11.6 Å². The minimum absolute atomic E-state index is 0.0412. The summed E-state index contributed by atoms with van der Waals surface area (Å²) in [7, 11) is 0. The summed E-state index contributed by atoms with van der Waals surface area (Å²) in [5.74, 6) is -0.289. The maximum atomic E-state index is 11.9. The van der Waals surface area contributed by atoms with Crippen molar-refractivity contribution in [1.82, 2.24) is 4.57 Å². The lowest BCUT2D eigenvalue weighted by Crippen LogP contribution is -2.28. The van der Waals surface area contributed by atoms with Crippen molar-refractivity contribution in [2.24, 2.45) is 0 Å². The Morgan fingerprint density at radius 1 is 1.30 bits per heavy atom. The molecule has 1 amide bonds. The van der Waals surface area contributed by atoms with Gasteiger partial charge in [0.2, 0.25) is 5.91 Å². The summed E-state index contributed by atoms with van der Waals surface area (Å²) < 4.78 is 1.36. The van der Waals surface area contributed by atoms with Crippen LogP contribution in [0.15, 0.2) is 47.4 Å². The highest BCUT2D eigenvalue weighted by Gasteiger charge is 2.06. The van der Waals surface area contributed by atoms with E-state index in [0.717, 1.165) is 0 Å².